The average molecular weight is 637 g/mol. The molecule has 2 aliphatic rings. The Hall–Kier alpha value is -5.06. The number of anilines is 1. The van der Waals surface area contributed by atoms with E-state index < -0.39 is 11.7 Å². The summed E-state index contributed by atoms with van der Waals surface area (Å²) >= 11 is 0. The van der Waals surface area contributed by atoms with Gasteiger partial charge in [0.2, 0.25) is 5.91 Å². The second-order valence-corrected chi connectivity index (χ2v) is 12.6. The van der Waals surface area contributed by atoms with Crippen LogP contribution in [0.25, 0.3) is 28.0 Å². The molecule has 0 radical (unpaired) electrons. The van der Waals surface area contributed by atoms with Crippen molar-refractivity contribution in [2.24, 2.45) is 0 Å². The van der Waals surface area contributed by atoms with Crippen molar-refractivity contribution in [1.82, 2.24) is 24.4 Å². The standard InChI is InChI=1S/C36H40N6O5/c1-8-29(44)40-16-17-41(22(5)19-40)34-27-18-26(24-12-13-24)31(25-10-9-11-28(46-7)33(25)47-23(6)43)38-35(27)42(36(45)39-34)32-21(4)14-15-37-30(32)20(2)3/h8-11,14-15,18,20,22,24H,1,12-13,16-17,19H2,2-7H3/t22-/m0/s1. The Balaban J connectivity index is 1.69. The zero-order chi connectivity index (χ0) is 33.6. The van der Waals surface area contributed by atoms with Crippen LogP contribution < -0.4 is 20.1 Å². The van der Waals surface area contributed by atoms with E-state index in [4.69, 9.17) is 19.4 Å². The summed E-state index contributed by atoms with van der Waals surface area (Å²) in [6, 6.07) is 9.29. The minimum Gasteiger partial charge on any atom is -0.493 e. The number of esters is 1. The molecule has 1 aliphatic carbocycles. The number of hydrogen-bond donors (Lipinski definition) is 0. The number of aromatic nitrogens is 4. The monoisotopic (exact) mass is 636 g/mol. The Morgan fingerprint density at radius 2 is 1.89 bits per heavy atom. The number of amides is 1. The van der Waals surface area contributed by atoms with Crippen LogP contribution in [0.3, 0.4) is 0 Å². The van der Waals surface area contributed by atoms with E-state index in [0.717, 1.165) is 35.0 Å². The third-order valence-corrected chi connectivity index (χ3v) is 8.90. The van der Waals surface area contributed by atoms with Gasteiger partial charge in [0.25, 0.3) is 0 Å². The Morgan fingerprint density at radius 3 is 2.53 bits per heavy atom. The van der Waals surface area contributed by atoms with Crippen LogP contribution in [0.5, 0.6) is 11.5 Å². The Kier molecular flexibility index (Phi) is 8.57. The summed E-state index contributed by atoms with van der Waals surface area (Å²) < 4.78 is 12.9. The van der Waals surface area contributed by atoms with Crippen LogP contribution in [-0.4, -0.2) is 69.1 Å². The number of benzene rings is 1. The summed E-state index contributed by atoms with van der Waals surface area (Å²) in [7, 11) is 1.53. The molecule has 1 aromatic carbocycles. The van der Waals surface area contributed by atoms with Gasteiger partial charge in [-0.15, -0.1) is 0 Å². The van der Waals surface area contributed by atoms with Gasteiger partial charge in [0.05, 0.1) is 29.6 Å². The quantitative estimate of drug-likeness (QED) is 0.144. The lowest BCUT2D eigenvalue weighted by Gasteiger charge is -2.40. The normalized spacial score (nSPS) is 16.4. The van der Waals surface area contributed by atoms with E-state index in [2.05, 4.69) is 22.5 Å². The van der Waals surface area contributed by atoms with E-state index in [1.807, 2.05) is 45.9 Å². The van der Waals surface area contributed by atoms with Crippen LogP contribution in [0.4, 0.5) is 5.82 Å². The molecule has 0 N–H and O–H groups in total. The van der Waals surface area contributed by atoms with Crippen LogP contribution >= 0.6 is 0 Å². The molecule has 0 spiro atoms. The number of para-hydroxylation sites is 1. The van der Waals surface area contributed by atoms with Crippen molar-refractivity contribution < 1.29 is 19.1 Å². The maximum Gasteiger partial charge on any atom is 0.355 e. The number of nitrogens with zero attached hydrogens (tertiary/aromatic N) is 6. The highest BCUT2D eigenvalue weighted by Gasteiger charge is 2.34. The molecule has 2 fully saturated rings. The van der Waals surface area contributed by atoms with Crippen LogP contribution in [-0.2, 0) is 9.59 Å². The zero-order valence-electron chi connectivity index (χ0n) is 27.7. The van der Waals surface area contributed by atoms with E-state index in [1.54, 1.807) is 21.7 Å². The molecule has 0 bridgehead atoms. The molecule has 4 heterocycles. The first-order chi connectivity index (χ1) is 22.5. The van der Waals surface area contributed by atoms with Crippen molar-refractivity contribution in [3.63, 3.8) is 0 Å². The number of fused-ring (bicyclic) bond motifs is 1. The SMILES string of the molecule is C=CC(=O)N1CCN(c2nc(=O)n(-c3c(C)ccnc3C(C)C)c3nc(-c4cccc(OC)c4OC(C)=O)c(C4CC4)cc23)[C@@H](C)C1. The van der Waals surface area contributed by atoms with Crippen LogP contribution in [0.2, 0.25) is 0 Å². The molecule has 11 heteroatoms. The maximum atomic E-state index is 14.3. The van der Waals surface area contributed by atoms with Crippen molar-refractivity contribution in [3.8, 4) is 28.4 Å². The van der Waals surface area contributed by atoms with Gasteiger partial charge in [0.1, 0.15) is 5.82 Å². The number of pyridine rings is 2. The summed E-state index contributed by atoms with van der Waals surface area (Å²) in [5, 5.41) is 0.723. The molecule has 0 unspecified atom stereocenters. The lowest BCUT2D eigenvalue weighted by molar-refractivity contribution is -0.132. The molecule has 11 nitrogen and oxygen atoms in total. The first kappa shape index (κ1) is 31.9. The Morgan fingerprint density at radius 1 is 1.13 bits per heavy atom. The number of hydrogen-bond acceptors (Lipinski definition) is 9. The predicted octanol–water partition coefficient (Wildman–Crippen LogP) is 5.31. The fourth-order valence-electron chi connectivity index (χ4n) is 6.49. The van der Waals surface area contributed by atoms with Gasteiger partial charge in [-0.05, 0) is 80.0 Å². The Labute approximate surface area is 273 Å². The lowest BCUT2D eigenvalue weighted by Crippen LogP contribution is -2.54. The third-order valence-electron chi connectivity index (χ3n) is 8.90. The van der Waals surface area contributed by atoms with Crippen LogP contribution in [0.1, 0.15) is 69.2 Å². The summed E-state index contributed by atoms with van der Waals surface area (Å²) in [6.07, 6.45) is 5.04. The lowest BCUT2D eigenvalue weighted by atomic mass is 9.99. The molecule has 244 valence electrons. The molecular weight excluding hydrogens is 596 g/mol. The van der Waals surface area contributed by atoms with E-state index in [-0.39, 0.29) is 29.5 Å². The number of carbonyl (C=O) groups excluding carboxylic acids is 2. The fraction of sp³-hybridized carbons (Fsp3) is 0.389. The summed E-state index contributed by atoms with van der Waals surface area (Å²) in [4.78, 5) is 57.6. The second-order valence-electron chi connectivity index (χ2n) is 12.6. The molecule has 47 heavy (non-hydrogen) atoms. The highest BCUT2D eigenvalue weighted by Crippen LogP contribution is 2.48. The number of carbonyl (C=O) groups is 2. The Bertz CT molecular complexity index is 1960. The van der Waals surface area contributed by atoms with E-state index >= 15 is 0 Å². The first-order valence-electron chi connectivity index (χ1n) is 16.0. The number of aryl methyl sites for hydroxylation is 1. The van der Waals surface area contributed by atoms with E-state index in [9.17, 15) is 14.4 Å². The smallest absolute Gasteiger partial charge is 0.355 e. The fourth-order valence-corrected chi connectivity index (χ4v) is 6.49. The molecule has 4 aromatic rings. The van der Waals surface area contributed by atoms with E-state index in [0.29, 0.717) is 53.8 Å². The molecule has 6 rings (SSSR count). The molecule has 1 aliphatic heterocycles. The van der Waals surface area contributed by atoms with Gasteiger partial charge in [-0.1, -0.05) is 26.5 Å². The first-order valence-corrected chi connectivity index (χ1v) is 16.0. The van der Waals surface area contributed by atoms with Crippen molar-refractivity contribution in [3.05, 3.63) is 76.5 Å². The molecule has 3 aromatic heterocycles. The topological polar surface area (TPSA) is 120 Å². The maximum absolute atomic E-state index is 14.3. The molecule has 1 atom stereocenters. The number of rotatable bonds is 8. The highest BCUT2D eigenvalue weighted by molar-refractivity contribution is 5.93. The van der Waals surface area contributed by atoms with Crippen LogP contribution in [0, 0.1) is 6.92 Å². The average Bonchev–Trinajstić information content (AvgIpc) is 3.89. The van der Waals surface area contributed by atoms with Gasteiger partial charge >= 0.3 is 11.7 Å². The summed E-state index contributed by atoms with van der Waals surface area (Å²) in [5.74, 6) is 0.847. The number of methoxy groups -OCH3 is 1. The summed E-state index contributed by atoms with van der Waals surface area (Å²) in [5.41, 5.74) is 4.39. The van der Waals surface area contributed by atoms with Gasteiger partial charge in [-0.3, -0.25) is 14.6 Å². The second kappa shape index (κ2) is 12.6. The van der Waals surface area contributed by atoms with E-state index in [1.165, 1.54) is 20.1 Å². The minimum atomic E-state index is -0.483. The van der Waals surface area contributed by atoms with Crippen molar-refractivity contribution in [1.29, 1.82) is 0 Å². The molecule has 1 amide bonds. The largest absolute Gasteiger partial charge is 0.493 e. The third kappa shape index (κ3) is 5.86. The van der Waals surface area contributed by atoms with Gasteiger partial charge < -0.3 is 19.3 Å². The zero-order valence-corrected chi connectivity index (χ0v) is 27.7. The van der Waals surface area contributed by atoms with Gasteiger partial charge in [0, 0.05) is 44.4 Å². The van der Waals surface area contributed by atoms with Crippen molar-refractivity contribution in [2.75, 3.05) is 31.6 Å². The highest BCUT2D eigenvalue weighted by atomic mass is 16.6. The molecular formula is C36H40N6O5. The van der Waals surface area contributed by atoms with Crippen LogP contribution in [0.15, 0.2) is 54.0 Å². The summed E-state index contributed by atoms with van der Waals surface area (Å²) in [6.45, 7) is 14.5. The predicted molar refractivity (Wildman–Crippen MR) is 181 cm³/mol. The van der Waals surface area contributed by atoms with Crippen molar-refractivity contribution in [2.45, 2.75) is 65.3 Å². The van der Waals surface area contributed by atoms with Crippen molar-refractivity contribution >= 4 is 28.7 Å². The van der Waals surface area contributed by atoms with Gasteiger partial charge in [0.15, 0.2) is 17.1 Å². The number of piperazine rings is 1. The molecule has 1 saturated carbocycles. The van der Waals surface area contributed by atoms with Gasteiger partial charge in [-0.2, -0.15) is 4.98 Å². The minimum absolute atomic E-state index is 0.0150. The number of ether oxygens (including phenoxy) is 2. The van der Waals surface area contributed by atoms with Gasteiger partial charge in [-0.25, -0.2) is 14.3 Å². The molecule has 1 saturated heterocycles.